The second kappa shape index (κ2) is 10.5. The molecule has 37 heavy (non-hydrogen) atoms. The highest BCUT2D eigenvalue weighted by molar-refractivity contribution is 7.92. The fraction of sp³-hybridized carbons (Fsp3) is 0.440. The fourth-order valence-corrected chi connectivity index (χ4v) is 6.65. The minimum Gasteiger partial charge on any atom is -0.452 e. The molecular weight excluding hydrogens is 527 g/mol. The first-order valence-corrected chi connectivity index (χ1v) is 13.8. The summed E-state index contributed by atoms with van der Waals surface area (Å²) < 4.78 is 73.6. The number of sulfonamides is 1. The van der Waals surface area contributed by atoms with E-state index in [1.807, 2.05) is 18.6 Å². The molecule has 0 bridgehead atoms. The number of alkyl halides is 3. The van der Waals surface area contributed by atoms with Gasteiger partial charge in [-0.1, -0.05) is 58.9 Å². The van der Waals surface area contributed by atoms with Crippen molar-refractivity contribution in [3.63, 3.8) is 0 Å². The van der Waals surface area contributed by atoms with Gasteiger partial charge < -0.3 is 9.30 Å². The zero-order chi connectivity index (χ0) is 27.8. The molecule has 0 atom stereocenters. The van der Waals surface area contributed by atoms with Crippen LogP contribution in [-0.4, -0.2) is 31.2 Å². The van der Waals surface area contributed by atoms with Crippen LogP contribution in [0.15, 0.2) is 40.7 Å². The van der Waals surface area contributed by atoms with Crippen LogP contribution in [0.3, 0.4) is 0 Å². The lowest BCUT2D eigenvalue weighted by Crippen LogP contribution is -2.30. The Morgan fingerprint density at radius 1 is 1.16 bits per heavy atom. The number of thiophene rings is 1. The number of benzene rings is 1. The van der Waals surface area contributed by atoms with Crippen LogP contribution >= 0.6 is 11.3 Å². The third kappa shape index (κ3) is 6.92. The molecule has 3 aromatic rings. The molecule has 7 nitrogen and oxygen atoms in total. The number of nitrogens with one attached hydrogen (secondary N) is 1. The Kier molecular flexibility index (Phi) is 8.13. The summed E-state index contributed by atoms with van der Waals surface area (Å²) in [5.74, 6) is 0.592. The highest BCUT2D eigenvalue weighted by Gasteiger charge is 2.36. The number of hydrogen-bond acceptors (Lipinski definition) is 6. The molecule has 12 heteroatoms. The Bertz CT molecular complexity index is 1370. The average molecular weight is 558 g/mol. The van der Waals surface area contributed by atoms with E-state index in [0.29, 0.717) is 23.4 Å². The van der Waals surface area contributed by atoms with Crippen LogP contribution in [0, 0.1) is 5.92 Å². The SMILES string of the molecule is COC(=O)NS(=O)(=O)c1sc(CC(C)C)cc1-c1ccc(Cn2cc(C(F)(F)F)nc2C(C)(C)C)cc1. The van der Waals surface area contributed by atoms with E-state index in [1.54, 1.807) is 51.1 Å². The van der Waals surface area contributed by atoms with E-state index in [1.165, 1.54) is 4.57 Å². The van der Waals surface area contributed by atoms with Gasteiger partial charge in [0.2, 0.25) is 0 Å². The van der Waals surface area contributed by atoms with Gasteiger partial charge in [0.1, 0.15) is 10.0 Å². The molecule has 0 aliphatic heterocycles. The lowest BCUT2D eigenvalue weighted by molar-refractivity contribution is -0.141. The summed E-state index contributed by atoms with van der Waals surface area (Å²) >= 11 is 1.08. The van der Waals surface area contributed by atoms with Gasteiger partial charge in [0.15, 0.2) is 5.69 Å². The van der Waals surface area contributed by atoms with Crippen molar-refractivity contribution in [2.45, 2.75) is 63.4 Å². The molecule has 0 aliphatic carbocycles. The summed E-state index contributed by atoms with van der Waals surface area (Å²) in [6.07, 6.45) is -3.98. The van der Waals surface area contributed by atoms with E-state index < -0.39 is 33.4 Å². The number of ether oxygens (including phenoxy) is 1. The standard InChI is InChI=1S/C25H30F3N3O4S2/c1-15(2)11-18-12-19(21(36-18)37(33,34)30-23(32)35-6)17-9-7-16(8-10-17)13-31-14-20(25(26,27)28)29-22(31)24(3,4)5/h7-10,12,14-15H,11,13H2,1-6H3,(H,30,32). The Hall–Kier alpha value is -2.86. The van der Waals surface area contributed by atoms with Crippen LogP contribution in [-0.2, 0) is 39.3 Å². The van der Waals surface area contributed by atoms with Gasteiger partial charge in [-0.05, 0) is 29.5 Å². The van der Waals surface area contributed by atoms with Crippen LogP contribution in [0.5, 0.6) is 0 Å². The predicted octanol–water partition coefficient (Wildman–Crippen LogP) is 6.22. The van der Waals surface area contributed by atoms with Crippen LogP contribution in [0.1, 0.15) is 56.6 Å². The van der Waals surface area contributed by atoms with Gasteiger partial charge in [0.25, 0.3) is 10.0 Å². The van der Waals surface area contributed by atoms with E-state index in [-0.39, 0.29) is 16.7 Å². The number of methoxy groups -OCH3 is 1. The third-order valence-electron chi connectivity index (χ3n) is 5.36. The van der Waals surface area contributed by atoms with Crippen molar-refractivity contribution >= 4 is 27.5 Å². The van der Waals surface area contributed by atoms with Gasteiger partial charge in [0.05, 0.1) is 7.11 Å². The minimum atomic E-state index is -4.55. The maximum Gasteiger partial charge on any atom is 0.434 e. The molecule has 202 valence electrons. The molecule has 0 radical (unpaired) electrons. The minimum absolute atomic E-state index is 0.0132. The molecule has 1 aromatic carbocycles. The summed E-state index contributed by atoms with van der Waals surface area (Å²) in [4.78, 5) is 16.3. The van der Waals surface area contributed by atoms with E-state index in [4.69, 9.17) is 0 Å². The highest BCUT2D eigenvalue weighted by atomic mass is 32.2. The summed E-state index contributed by atoms with van der Waals surface area (Å²) in [7, 11) is -3.11. The molecular formula is C25H30F3N3O4S2. The Morgan fingerprint density at radius 3 is 2.30 bits per heavy atom. The van der Waals surface area contributed by atoms with Crippen molar-refractivity contribution < 1.29 is 31.1 Å². The molecule has 2 aromatic heterocycles. The van der Waals surface area contributed by atoms with E-state index in [0.717, 1.165) is 35.1 Å². The maximum absolute atomic E-state index is 13.3. The van der Waals surface area contributed by atoms with Gasteiger partial charge in [-0.15, -0.1) is 11.3 Å². The predicted molar refractivity (Wildman–Crippen MR) is 136 cm³/mol. The van der Waals surface area contributed by atoms with Crippen molar-refractivity contribution in [3.8, 4) is 11.1 Å². The molecule has 0 aliphatic rings. The highest BCUT2D eigenvalue weighted by Crippen LogP contribution is 2.37. The third-order valence-corrected chi connectivity index (χ3v) is 8.36. The number of hydrogen-bond donors (Lipinski definition) is 1. The monoisotopic (exact) mass is 557 g/mol. The lowest BCUT2D eigenvalue weighted by atomic mass is 9.95. The van der Waals surface area contributed by atoms with Gasteiger partial charge in [-0.3, -0.25) is 0 Å². The maximum atomic E-state index is 13.3. The number of halogens is 3. The zero-order valence-electron chi connectivity index (χ0n) is 21.4. The van der Waals surface area contributed by atoms with Crippen molar-refractivity contribution in [2.24, 2.45) is 5.92 Å². The van der Waals surface area contributed by atoms with Crippen LogP contribution in [0.25, 0.3) is 11.1 Å². The largest absolute Gasteiger partial charge is 0.452 e. The second-order valence-corrected chi connectivity index (χ2v) is 13.1. The van der Waals surface area contributed by atoms with Crippen LogP contribution in [0.2, 0.25) is 0 Å². The number of aromatic nitrogens is 2. The van der Waals surface area contributed by atoms with Crippen molar-refractivity contribution in [2.75, 3.05) is 7.11 Å². The first-order valence-electron chi connectivity index (χ1n) is 11.5. The van der Waals surface area contributed by atoms with Crippen LogP contribution < -0.4 is 4.72 Å². The molecule has 0 saturated heterocycles. The van der Waals surface area contributed by atoms with E-state index >= 15 is 0 Å². The topological polar surface area (TPSA) is 90.3 Å². The molecule has 0 unspecified atom stereocenters. The Morgan fingerprint density at radius 2 is 1.78 bits per heavy atom. The number of amides is 1. The van der Waals surface area contributed by atoms with E-state index in [9.17, 15) is 26.4 Å². The van der Waals surface area contributed by atoms with Gasteiger partial charge >= 0.3 is 12.3 Å². The summed E-state index contributed by atoms with van der Waals surface area (Å²) in [6, 6.07) is 8.69. The summed E-state index contributed by atoms with van der Waals surface area (Å²) in [5.41, 5.74) is 0.190. The first-order chi connectivity index (χ1) is 17.0. The number of nitrogens with zero attached hydrogens (tertiary/aromatic N) is 2. The first kappa shape index (κ1) is 28.7. The molecule has 0 fully saturated rings. The number of carbonyl (C=O) groups is 1. The molecule has 0 spiro atoms. The number of carbonyl (C=O) groups excluding carboxylic acids is 1. The number of rotatable bonds is 7. The van der Waals surface area contributed by atoms with Gasteiger partial charge in [-0.25, -0.2) is 22.9 Å². The molecule has 1 N–H and O–H groups in total. The van der Waals surface area contributed by atoms with Crippen LogP contribution in [0.4, 0.5) is 18.0 Å². The smallest absolute Gasteiger partial charge is 0.434 e. The van der Waals surface area contributed by atoms with Gasteiger partial charge in [-0.2, -0.15) is 13.2 Å². The van der Waals surface area contributed by atoms with E-state index in [2.05, 4.69) is 9.72 Å². The molecule has 2 heterocycles. The zero-order valence-corrected chi connectivity index (χ0v) is 23.1. The molecule has 1 amide bonds. The van der Waals surface area contributed by atoms with Crippen molar-refractivity contribution in [3.05, 3.63) is 58.5 Å². The Labute approximate surface area is 218 Å². The molecule has 3 rings (SSSR count). The fourth-order valence-electron chi connectivity index (χ4n) is 3.78. The second-order valence-electron chi connectivity index (χ2n) is 10.1. The lowest BCUT2D eigenvalue weighted by Gasteiger charge is -2.19. The molecule has 0 saturated carbocycles. The van der Waals surface area contributed by atoms with Gasteiger partial charge in [0, 0.05) is 28.6 Å². The average Bonchev–Trinajstić information content (AvgIpc) is 3.38. The summed E-state index contributed by atoms with van der Waals surface area (Å²) in [6.45, 7) is 9.58. The quantitative estimate of drug-likeness (QED) is 0.373. The Balaban J connectivity index is 1.99. The van der Waals surface area contributed by atoms with Crippen molar-refractivity contribution in [1.82, 2.24) is 14.3 Å². The van der Waals surface area contributed by atoms with Crippen molar-refractivity contribution in [1.29, 1.82) is 0 Å². The summed E-state index contributed by atoms with van der Waals surface area (Å²) in [5, 5.41) is 0. The number of imidazole rings is 1. The normalized spacial score (nSPS) is 12.7.